The van der Waals surface area contributed by atoms with Crippen molar-refractivity contribution in [2.24, 2.45) is 17.8 Å². The maximum absolute atomic E-state index is 11.1. The fraction of sp³-hybridized carbons (Fsp3) is 0.767. The highest BCUT2D eigenvalue weighted by Gasteiger charge is 2.46. The predicted octanol–water partition coefficient (Wildman–Crippen LogP) is 5.10. The first kappa shape index (κ1) is 30.0. The summed E-state index contributed by atoms with van der Waals surface area (Å²) in [6.07, 6.45) is 8.33. The van der Waals surface area contributed by atoms with E-state index in [4.69, 9.17) is 19.3 Å². The fourth-order valence-electron chi connectivity index (χ4n) is 6.40. The largest absolute Gasteiger partial charge is 0.481 e. The first-order valence-electron chi connectivity index (χ1n) is 14.3. The number of rotatable bonds is 16. The van der Waals surface area contributed by atoms with Crippen LogP contribution in [0.5, 0.6) is 0 Å². The minimum absolute atomic E-state index is 0.0812. The SMILES string of the molecule is COCc1cccc(C[C@H](O)CC(C)[C@@H]2[C@@H](CCCCCCC(=O)O)[C@@H](O)C[C@H]2OC2CCCCO2)c1. The lowest BCUT2D eigenvalue weighted by Gasteiger charge is -2.34. The Morgan fingerprint density at radius 2 is 1.95 bits per heavy atom. The van der Waals surface area contributed by atoms with Crippen molar-refractivity contribution >= 4 is 5.97 Å². The lowest BCUT2D eigenvalue weighted by molar-refractivity contribution is -0.199. The lowest BCUT2D eigenvalue weighted by Crippen LogP contribution is -2.35. The molecule has 1 aliphatic carbocycles. The van der Waals surface area contributed by atoms with Crippen molar-refractivity contribution in [1.82, 2.24) is 0 Å². The van der Waals surface area contributed by atoms with Crippen LogP contribution in [0, 0.1) is 17.8 Å². The molecule has 37 heavy (non-hydrogen) atoms. The van der Waals surface area contributed by atoms with Crippen LogP contribution in [0.25, 0.3) is 0 Å². The number of methoxy groups -OCH3 is 1. The number of carboxylic acid groups (broad SMARTS) is 1. The molecular formula is C30H48O7. The first-order valence-corrected chi connectivity index (χ1v) is 14.3. The number of hydrogen-bond donors (Lipinski definition) is 3. The molecule has 1 heterocycles. The average molecular weight is 521 g/mol. The molecule has 0 bridgehead atoms. The average Bonchev–Trinajstić information content (AvgIpc) is 3.16. The van der Waals surface area contributed by atoms with Gasteiger partial charge in [-0.15, -0.1) is 0 Å². The molecule has 1 saturated heterocycles. The molecule has 1 aromatic rings. The van der Waals surface area contributed by atoms with Gasteiger partial charge in [-0.25, -0.2) is 0 Å². The van der Waals surface area contributed by atoms with Gasteiger partial charge in [-0.1, -0.05) is 50.5 Å². The summed E-state index contributed by atoms with van der Waals surface area (Å²) in [6, 6.07) is 8.18. The minimum Gasteiger partial charge on any atom is -0.481 e. The number of hydrogen-bond acceptors (Lipinski definition) is 6. The maximum Gasteiger partial charge on any atom is 0.303 e. The summed E-state index contributed by atoms with van der Waals surface area (Å²) in [6.45, 7) is 3.46. The molecule has 7 atom stereocenters. The van der Waals surface area contributed by atoms with Crippen molar-refractivity contribution in [1.29, 1.82) is 0 Å². The van der Waals surface area contributed by atoms with E-state index in [1.54, 1.807) is 7.11 Å². The van der Waals surface area contributed by atoms with Crippen LogP contribution in [0.3, 0.4) is 0 Å². The third kappa shape index (κ3) is 9.95. The van der Waals surface area contributed by atoms with Crippen LogP contribution in [-0.2, 0) is 32.0 Å². The second-order valence-electron chi connectivity index (χ2n) is 11.2. The summed E-state index contributed by atoms with van der Waals surface area (Å²) in [5.41, 5.74) is 2.20. The first-order chi connectivity index (χ1) is 17.9. The molecule has 1 aromatic carbocycles. The second-order valence-corrected chi connectivity index (χ2v) is 11.2. The van der Waals surface area contributed by atoms with Crippen molar-refractivity contribution in [2.75, 3.05) is 13.7 Å². The van der Waals surface area contributed by atoms with E-state index in [1.807, 2.05) is 18.2 Å². The Morgan fingerprint density at radius 3 is 2.68 bits per heavy atom. The summed E-state index contributed by atoms with van der Waals surface area (Å²) in [5, 5.41) is 30.9. The fourth-order valence-corrected chi connectivity index (χ4v) is 6.40. The van der Waals surface area contributed by atoms with Gasteiger partial charge in [0, 0.05) is 26.6 Å². The molecule has 7 nitrogen and oxygen atoms in total. The summed E-state index contributed by atoms with van der Waals surface area (Å²) in [5.74, 6) is -0.303. The van der Waals surface area contributed by atoms with Crippen LogP contribution >= 0.6 is 0 Å². The van der Waals surface area contributed by atoms with Crippen LogP contribution in [0.1, 0.15) is 88.7 Å². The highest BCUT2D eigenvalue weighted by Crippen LogP contribution is 2.44. The molecule has 0 aromatic heterocycles. The Bertz CT molecular complexity index is 794. The van der Waals surface area contributed by atoms with Crippen LogP contribution in [0.4, 0.5) is 0 Å². The Balaban J connectivity index is 1.60. The molecule has 0 radical (unpaired) electrons. The molecule has 7 heteroatoms. The van der Waals surface area contributed by atoms with Crippen LogP contribution in [-0.4, -0.2) is 59.6 Å². The molecule has 0 amide bonds. The van der Waals surface area contributed by atoms with E-state index >= 15 is 0 Å². The van der Waals surface area contributed by atoms with Crippen LogP contribution < -0.4 is 0 Å². The number of aliphatic hydroxyl groups excluding tert-OH is 2. The van der Waals surface area contributed by atoms with E-state index < -0.39 is 18.2 Å². The quantitative estimate of drug-likeness (QED) is 0.261. The molecule has 2 fully saturated rings. The number of aliphatic hydroxyl groups is 2. The summed E-state index contributed by atoms with van der Waals surface area (Å²) in [7, 11) is 1.68. The monoisotopic (exact) mass is 520 g/mol. The van der Waals surface area contributed by atoms with Crippen molar-refractivity contribution < 1.29 is 34.3 Å². The number of ether oxygens (including phenoxy) is 3. The van der Waals surface area contributed by atoms with Crippen molar-refractivity contribution in [3.05, 3.63) is 35.4 Å². The van der Waals surface area contributed by atoms with Gasteiger partial charge in [0.05, 0.1) is 24.9 Å². The molecular weight excluding hydrogens is 472 g/mol. The molecule has 1 saturated carbocycles. The van der Waals surface area contributed by atoms with Gasteiger partial charge in [0.2, 0.25) is 0 Å². The summed E-state index contributed by atoms with van der Waals surface area (Å²) < 4.78 is 17.6. The Kier molecular flexibility index (Phi) is 12.8. The van der Waals surface area contributed by atoms with E-state index in [1.165, 1.54) is 0 Å². The molecule has 210 valence electrons. The van der Waals surface area contributed by atoms with Gasteiger partial charge in [-0.3, -0.25) is 4.79 Å². The standard InChI is InChI=1S/C30H48O7/c1-21(16-24(31)18-22-10-9-11-23(17-22)20-35-2)30-25(12-5-3-4-6-13-28(33)34)26(32)19-27(30)37-29-14-7-8-15-36-29/h9-11,17,21,24-27,29-32H,3-8,12-16,18-20H2,1-2H3,(H,33,34)/t21?,24-,25+,26+,27-,29?,30-/m1/s1. The summed E-state index contributed by atoms with van der Waals surface area (Å²) >= 11 is 0. The highest BCUT2D eigenvalue weighted by molar-refractivity contribution is 5.66. The highest BCUT2D eigenvalue weighted by atomic mass is 16.7. The molecule has 0 spiro atoms. The van der Waals surface area contributed by atoms with E-state index in [2.05, 4.69) is 13.0 Å². The number of aliphatic carboxylic acids is 1. The Hall–Kier alpha value is -1.51. The Morgan fingerprint density at radius 1 is 1.16 bits per heavy atom. The maximum atomic E-state index is 11.1. The number of unbranched alkanes of at least 4 members (excludes halogenated alkanes) is 3. The van der Waals surface area contributed by atoms with E-state index in [0.29, 0.717) is 32.3 Å². The van der Waals surface area contributed by atoms with Gasteiger partial charge in [-0.2, -0.15) is 0 Å². The van der Waals surface area contributed by atoms with Crippen molar-refractivity contribution in [3.8, 4) is 0 Å². The number of benzene rings is 1. The van der Waals surface area contributed by atoms with E-state index in [-0.39, 0.29) is 36.6 Å². The van der Waals surface area contributed by atoms with Gasteiger partial charge < -0.3 is 29.5 Å². The normalized spacial score (nSPS) is 27.7. The zero-order valence-corrected chi connectivity index (χ0v) is 22.7. The van der Waals surface area contributed by atoms with Gasteiger partial charge in [0.25, 0.3) is 0 Å². The van der Waals surface area contributed by atoms with Crippen LogP contribution in [0.15, 0.2) is 24.3 Å². The van der Waals surface area contributed by atoms with E-state index in [0.717, 1.165) is 62.7 Å². The zero-order valence-electron chi connectivity index (χ0n) is 22.7. The Labute approximate surface area is 222 Å². The second kappa shape index (κ2) is 15.8. The zero-order chi connectivity index (χ0) is 26.6. The molecule has 3 N–H and O–H groups in total. The number of carboxylic acids is 1. The topological polar surface area (TPSA) is 105 Å². The third-order valence-electron chi connectivity index (χ3n) is 8.11. The van der Waals surface area contributed by atoms with Gasteiger partial charge >= 0.3 is 5.97 Å². The third-order valence-corrected chi connectivity index (χ3v) is 8.11. The van der Waals surface area contributed by atoms with Crippen molar-refractivity contribution in [3.63, 3.8) is 0 Å². The molecule has 1 aliphatic heterocycles. The van der Waals surface area contributed by atoms with Crippen LogP contribution in [0.2, 0.25) is 0 Å². The molecule has 3 rings (SSSR count). The predicted molar refractivity (Wildman–Crippen MR) is 142 cm³/mol. The van der Waals surface area contributed by atoms with E-state index in [9.17, 15) is 15.0 Å². The van der Waals surface area contributed by atoms with Gasteiger partial charge in [0.1, 0.15) is 0 Å². The number of carbonyl (C=O) groups is 1. The smallest absolute Gasteiger partial charge is 0.303 e. The van der Waals surface area contributed by atoms with Gasteiger partial charge in [0.15, 0.2) is 6.29 Å². The van der Waals surface area contributed by atoms with Gasteiger partial charge in [-0.05, 0) is 73.8 Å². The molecule has 2 unspecified atom stereocenters. The minimum atomic E-state index is -0.742. The molecule has 2 aliphatic rings. The lowest BCUT2D eigenvalue weighted by atomic mass is 9.77. The van der Waals surface area contributed by atoms with Crippen molar-refractivity contribution in [2.45, 2.75) is 115 Å². The summed E-state index contributed by atoms with van der Waals surface area (Å²) in [4.78, 5) is 10.8.